The molecule has 1 atom stereocenters. The first-order valence-electron chi connectivity index (χ1n) is 8.29. The molecule has 9 heteroatoms. The fourth-order valence-electron chi connectivity index (χ4n) is 2.48. The zero-order valence-corrected chi connectivity index (χ0v) is 14.6. The number of H-pyrrole nitrogens is 2. The Morgan fingerprint density at radius 3 is 2.68 bits per heavy atom. The molecule has 0 spiro atoms. The molecule has 0 bridgehead atoms. The molecule has 2 rings (SSSR count). The van der Waals surface area contributed by atoms with Crippen molar-refractivity contribution in [2.45, 2.75) is 39.8 Å². The van der Waals surface area contributed by atoms with Gasteiger partial charge in [0.15, 0.2) is 0 Å². The van der Waals surface area contributed by atoms with Crippen LogP contribution in [-0.2, 0) is 6.54 Å². The zero-order chi connectivity index (χ0) is 18.4. The van der Waals surface area contributed by atoms with Crippen molar-refractivity contribution in [1.82, 2.24) is 25.1 Å². The molecular formula is C16H24N6O3. The van der Waals surface area contributed by atoms with E-state index in [1.807, 2.05) is 6.92 Å². The minimum absolute atomic E-state index is 0.179. The van der Waals surface area contributed by atoms with Crippen LogP contribution in [0, 0.1) is 5.92 Å². The number of anilines is 1. The van der Waals surface area contributed by atoms with Crippen LogP contribution >= 0.6 is 0 Å². The minimum Gasteiger partial charge on any atom is -0.369 e. The van der Waals surface area contributed by atoms with Gasteiger partial charge in [-0.3, -0.25) is 24.2 Å². The van der Waals surface area contributed by atoms with Gasteiger partial charge in [-0.15, -0.1) is 0 Å². The highest BCUT2D eigenvalue weighted by Gasteiger charge is 2.17. The molecular weight excluding hydrogens is 324 g/mol. The Bertz CT molecular complexity index is 791. The molecule has 0 aliphatic rings. The van der Waals surface area contributed by atoms with Gasteiger partial charge in [0.2, 0.25) is 0 Å². The van der Waals surface area contributed by atoms with Crippen LogP contribution in [0.15, 0.2) is 27.9 Å². The van der Waals surface area contributed by atoms with Crippen LogP contribution in [0.1, 0.15) is 37.7 Å². The molecule has 0 saturated heterocycles. The Morgan fingerprint density at radius 2 is 2.08 bits per heavy atom. The Kier molecular flexibility index (Phi) is 6.15. The summed E-state index contributed by atoms with van der Waals surface area (Å²) >= 11 is 0. The first-order valence-corrected chi connectivity index (χ1v) is 8.29. The quantitative estimate of drug-likeness (QED) is 0.554. The first-order chi connectivity index (χ1) is 11.9. The molecule has 136 valence electrons. The molecule has 4 N–H and O–H groups in total. The molecule has 0 saturated carbocycles. The third kappa shape index (κ3) is 5.63. The lowest BCUT2D eigenvalue weighted by Crippen LogP contribution is -2.41. The predicted molar refractivity (Wildman–Crippen MR) is 94.8 cm³/mol. The second-order valence-electron chi connectivity index (χ2n) is 6.24. The third-order valence-electron chi connectivity index (χ3n) is 3.59. The summed E-state index contributed by atoms with van der Waals surface area (Å²) in [5, 5.41) is 10.1. The lowest BCUT2D eigenvalue weighted by atomic mass is 10.0. The number of hydrogen-bond acceptors (Lipinski definition) is 5. The maximum atomic E-state index is 12.4. The SMILES string of the molecule is CCn1ccc(C(=O)NC(CNc2cc(=O)[nH]c(=O)[nH]2)CC(C)C)n1. The minimum atomic E-state index is -0.579. The molecule has 0 radical (unpaired) electrons. The Labute approximate surface area is 144 Å². The average Bonchev–Trinajstić information content (AvgIpc) is 3.00. The summed E-state index contributed by atoms with van der Waals surface area (Å²) in [6.07, 6.45) is 2.49. The number of aromatic amines is 2. The van der Waals surface area contributed by atoms with E-state index in [0.29, 0.717) is 30.5 Å². The van der Waals surface area contributed by atoms with Crippen LogP contribution in [-0.4, -0.2) is 38.2 Å². The first kappa shape index (κ1) is 18.5. The number of amides is 1. The molecule has 2 aromatic rings. The standard InChI is InChI=1S/C16H24N6O3/c1-4-22-6-5-12(21-22)15(24)18-11(7-10(2)3)9-17-13-8-14(23)20-16(25)19-13/h5-6,8,10-11H,4,7,9H2,1-3H3,(H,18,24)(H3,17,19,20,23,25). The lowest BCUT2D eigenvalue weighted by molar-refractivity contribution is 0.0928. The second-order valence-corrected chi connectivity index (χ2v) is 6.24. The van der Waals surface area contributed by atoms with Crippen LogP contribution in [0.4, 0.5) is 5.82 Å². The summed E-state index contributed by atoms with van der Waals surface area (Å²) in [4.78, 5) is 39.6. The molecule has 2 heterocycles. The van der Waals surface area contributed by atoms with Crippen LogP contribution < -0.4 is 21.9 Å². The van der Waals surface area contributed by atoms with Crippen molar-refractivity contribution >= 4 is 11.7 Å². The fraction of sp³-hybridized carbons (Fsp3) is 0.500. The van der Waals surface area contributed by atoms with Gasteiger partial charge in [0.1, 0.15) is 11.5 Å². The predicted octanol–water partition coefficient (Wildman–Crippen LogP) is 0.536. The normalized spacial score (nSPS) is 12.2. The van der Waals surface area contributed by atoms with Gasteiger partial charge in [0.25, 0.3) is 11.5 Å². The van der Waals surface area contributed by atoms with Crippen molar-refractivity contribution in [1.29, 1.82) is 0 Å². The van der Waals surface area contributed by atoms with E-state index in [1.54, 1.807) is 16.9 Å². The second kappa shape index (κ2) is 8.32. The van der Waals surface area contributed by atoms with Gasteiger partial charge in [-0.05, 0) is 25.3 Å². The van der Waals surface area contributed by atoms with Crippen LogP contribution in [0.2, 0.25) is 0 Å². The van der Waals surface area contributed by atoms with Gasteiger partial charge in [-0.2, -0.15) is 5.10 Å². The number of nitrogens with one attached hydrogen (secondary N) is 4. The van der Waals surface area contributed by atoms with E-state index in [2.05, 4.69) is 39.5 Å². The maximum absolute atomic E-state index is 12.4. The van der Waals surface area contributed by atoms with Gasteiger partial charge in [-0.1, -0.05) is 13.8 Å². The van der Waals surface area contributed by atoms with Crippen LogP contribution in [0.25, 0.3) is 0 Å². The summed E-state index contributed by atoms with van der Waals surface area (Å²) < 4.78 is 1.69. The molecule has 0 aliphatic heterocycles. The molecule has 1 amide bonds. The number of hydrogen-bond donors (Lipinski definition) is 4. The van der Waals surface area contributed by atoms with E-state index >= 15 is 0 Å². The molecule has 0 aliphatic carbocycles. The average molecular weight is 348 g/mol. The highest BCUT2D eigenvalue weighted by atomic mass is 16.2. The van der Waals surface area contributed by atoms with E-state index in [9.17, 15) is 14.4 Å². The van der Waals surface area contributed by atoms with Gasteiger partial charge >= 0.3 is 5.69 Å². The molecule has 1 unspecified atom stereocenters. The van der Waals surface area contributed by atoms with Crippen LogP contribution in [0.5, 0.6) is 0 Å². The topological polar surface area (TPSA) is 125 Å². The van der Waals surface area contributed by atoms with Crippen molar-refractivity contribution in [2.24, 2.45) is 5.92 Å². The molecule has 0 fully saturated rings. The number of nitrogens with zero attached hydrogens (tertiary/aromatic N) is 2. The summed E-state index contributed by atoms with van der Waals surface area (Å²) in [6.45, 7) is 7.13. The Hall–Kier alpha value is -2.84. The van der Waals surface area contributed by atoms with E-state index in [4.69, 9.17) is 0 Å². The fourth-order valence-corrected chi connectivity index (χ4v) is 2.48. The number of carbonyl (C=O) groups excluding carboxylic acids is 1. The van der Waals surface area contributed by atoms with Crippen molar-refractivity contribution in [2.75, 3.05) is 11.9 Å². The summed E-state index contributed by atoms with van der Waals surface area (Å²) in [6, 6.07) is 2.76. The van der Waals surface area contributed by atoms with Gasteiger partial charge in [-0.25, -0.2) is 4.79 Å². The van der Waals surface area contributed by atoms with Crippen molar-refractivity contribution in [3.8, 4) is 0 Å². The molecule has 2 aromatic heterocycles. The summed E-state index contributed by atoms with van der Waals surface area (Å²) in [5.41, 5.74) is -0.703. The van der Waals surface area contributed by atoms with E-state index < -0.39 is 11.2 Å². The van der Waals surface area contributed by atoms with Crippen LogP contribution in [0.3, 0.4) is 0 Å². The number of carbonyl (C=O) groups is 1. The van der Waals surface area contributed by atoms with E-state index in [0.717, 1.165) is 6.42 Å². The van der Waals surface area contributed by atoms with Gasteiger partial charge in [0, 0.05) is 31.4 Å². The highest BCUT2D eigenvalue weighted by Crippen LogP contribution is 2.07. The third-order valence-corrected chi connectivity index (χ3v) is 3.59. The maximum Gasteiger partial charge on any atom is 0.327 e. The molecule has 0 aromatic carbocycles. The lowest BCUT2D eigenvalue weighted by Gasteiger charge is -2.21. The zero-order valence-electron chi connectivity index (χ0n) is 14.6. The number of aryl methyl sites for hydroxylation is 1. The Morgan fingerprint density at radius 1 is 1.32 bits per heavy atom. The monoisotopic (exact) mass is 348 g/mol. The van der Waals surface area contributed by atoms with Gasteiger partial charge < -0.3 is 10.6 Å². The Balaban J connectivity index is 2.03. The van der Waals surface area contributed by atoms with Crippen molar-refractivity contribution < 1.29 is 4.79 Å². The summed E-state index contributed by atoms with van der Waals surface area (Å²) in [5.74, 6) is 0.421. The largest absolute Gasteiger partial charge is 0.369 e. The van der Waals surface area contributed by atoms with E-state index in [1.165, 1.54) is 6.07 Å². The van der Waals surface area contributed by atoms with E-state index in [-0.39, 0.29) is 11.9 Å². The highest BCUT2D eigenvalue weighted by molar-refractivity contribution is 5.92. The number of rotatable bonds is 8. The molecule has 25 heavy (non-hydrogen) atoms. The van der Waals surface area contributed by atoms with Crippen molar-refractivity contribution in [3.63, 3.8) is 0 Å². The smallest absolute Gasteiger partial charge is 0.327 e. The van der Waals surface area contributed by atoms with Gasteiger partial charge in [0.05, 0.1) is 0 Å². The number of aromatic nitrogens is 4. The molecule has 9 nitrogen and oxygen atoms in total. The summed E-state index contributed by atoms with van der Waals surface area (Å²) in [7, 11) is 0. The van der Waals surface area contributed by atoms with Crippen molar-refractivity contribution in [3.05, 3.63) is 44.9 Å².